The summed E-state index contributed by atoms with van der Waals surface area (Å²) in [4.78, 5) is 0. The smallest absolute Gasteiger partial charge is 0.328 e. The maximum Gasteiger partial charge on any atom is 0.328 e. The summed E-state index contributed by atoms with van der Waals surface area (Å²) >= 11 is 0. The highest BCUT2D eigenvalue weighted by molar-refractivity contribution is 7.86. The predicted octanol–water partition coefficient (Wildman–Crippen LogP) is 4.40. The van der Waals surface area contributed by atoms with E-state index in [-0.39, 0.29) is 17.1 Å². The van der Waals surface area contributed by atoms with Gasteiger partial charge in [0.15, 0.2) is 0 Å². The lowest BCUT2D eigenvalue weighted by Gasteiger charge is -2.09. The van der Waals surface area contributed by atoms with Gasteiger partial charge in [0.25, 0.3) is 5.97 Å². The first-order chi connectivity index (χ1) is 17.5. The summed E-state index contributed by atoms with van der Waals surface area (Å²) in [5.74, 6) is -0.275. The van der Waals surface area contributed by atoms with Crippen molar-refractivity contribution >= 4 is 31.9 Å². The average molecular weight is 559 g/mol. The fourth-order valence-corrected chi connectivity index (χ4v) is 4.36. The molecule has 0 aliphatic carbocycles. The molecule has 0 amide bonds. The number of hydrogen-bond donors (Lipinski definition) is 0. The van der Waals surface area contributed by atoms with Gasteiger partial charge >= 0.3 is 20.2 Å². The van der Waals surface area contributed by atoms with Crippen molar-refractivity contribution in [1.29, 1.82) is 0 Å². The number of benzene rings is 2. The third kappa shape index (κ3) is 11.2. The van der Waals surface area contributed by atoms with Crippen molar-refractivity contribution in [2.75, 3.05) is 24.7 Å². The quantitative estimate of drug-likeness (QED) is 0.168. The van der Waals surface area contributed by atoms with E-state index in [1.54, 1.807) is 45.0 Å². The van der Waals surface area contributed by atoms with Gasteiger partial charge < -0.3 is 9.47 Å². The van der Waals surface area contributed by atoms with Gasteiger partial charge in [0.05, 0.1) is 30.4 Å². The fraction of sp³-hybridized carbons (Fsp3) is 0.417. The molecule has 0 spiro atoms. The third-order valence-electron chi connectivity index (χ3n) is 4.62. The second-order valence-electron chi connectivity index (χ2n) is 7.83. The number of hydrogen-bond acceptors (Lipinski definition) is 10. The van der Waals surface area contributed by atoms with E-state index >= 15 is 0 Å². The SMILES string of the molecule is CCCS(=O)(=O)O/N=C(\F)c1ccc(OCCCOc2ccc(/C(C)=N/OS(=O)(=O)CCC)cc2)cc1. The molecule has 0 saturated carbocycles. The highest BCUT2D eigenvalue weighted by Gasteiger charge is 2.12. The van der Waals surface area contributed by atoms with E-state index in [1.807, 2.05) is 0 Å². The molecule has 0 bridgehead atoms. The molecule has 204 valence electrons. The van der Waals surface area contributed by atoms with E-state index in [1.165, 1.54) is 24.3 Å². The van der Waals surface area contributed by atoms with Crippen LogP contribution >= 0.6 is 0 Å². The Morgan fingerprint density at radius 3 is 1.62 bits per heavy atom. The van der Waals surface area contributed by atoms with Gasteiger partial charge in [-0.2, -0.15) is 21.2 Å². The van der Waals surface area contributed by atoms with E-state index in [4.69, 9.17) is 9.47 Å². The van der Waals surface area contributed by atoms with Crippen molar-refractivity contribution in [2.45, 2.75) is 40.0 Å². The molecule has 2 aromatic rings. The topological polar surface area (TPSA) is 130 Å². The molecule has 10 nitrogen and oxygen atoms in total. The highest BCUT2D eigenvalue weighted by Crippen LogP contribution is 2.16. The van der Waals surface area contributed by atoms with Crippen molar-refractivity contribution in [3.05, 3.63) is 59.7 Å². The molecule has 0 unspecified atom stereocenters. The maximum atomic E-state index is 14.0. The molecule has 0 aliphatic rings. The van der Waals surface area contributed by atoms with Crippen LogP contribution in [0.4, 0.5) is 4.39 Å². The fourth-order valence-electron chi connectivity index (χ4n) is 2.80. The van der Waals surface area contributed by atoms with Gasteiger partial charge in [0.2, 0.25) is 0 Å². The summed E-state index contributed by atoms with van der Waals surface area (Å²) in [6, 6.07) is 12.8. The van der Waals surface area contributed by atoms with Crippen LogP contribution in [0, 0.1) is 0 Å². The lowest BCUT2D eigenvalue weighted by Crippen LogP contribution is -2.08. The summed E-state index contributed by atoms with van der Waals surface area (Å²) in [5, 5.41) is 6.72. The van der Waals surface area contributed by atoms with Crippen LogP contribution in [-0.2, 0) is 28.8 Å². The van der Waals surface area contributed by atoms with E-state index in [0.717, 1.165) is 0 Å². The molecule has 0 atom stereocenters. The number of rotatable bonds is 16. The Hall–Kier alpha value is -3.19. The Labute approximate surface area is 217 Å². The maximum absolute atomic E-state index is 14.0. The van der Waals surface area contributed by atoms with Gasteiger partial charge in [-0.3, -0.25) is 8.57 Å². The minimum atomic E-state index is -3.89. The van der Waals surface area contributed by atoms with Crippen LogP contribution in [0.25, 0.3) is 0 Å². The average Bonchev–Trinajstić information content (AvgIpc) is 2.86. The van der Waals surface area contributed by atoms with Gasteiger partial charge in [0.1, 0.15) is 11.5 Å². The summed E-state index contributed by atoms with van der Waals surface area (Å²) in [6.45, 7) is 5.78. The van der Waals surface area contributed by atoms with Crippen LogP contribution in [0.1, 0.15) is 51.2 Å². The standard InChI is InChI=1S/C24H31FN2O8S2/c1-4-17-36(28,29)34-26-19(3)20-7-11-22(12-8-20)32-15-6-16-33-23-13-9-21(10-14-23)24(25)27-35-37(30,31)18-5-2/h7-14H,4-6,15-18H2,1-3H3/b26-19+,27-24-. The Balaban J connectivity index is 1.75. The van der Waals surface area contributed by atoms with Crippen LogP contribution < -0.4 is 9.47 Å². The molecular weight excluding hydrogens is 527 g/mol. The summed E-state index contributed by atoms with van der Waals surface area (Å²) in [5.41, 5.74) is 1.17. The van der Waals surface area contributed by atoms with Gasteiger partial charge in [-0.1, -0.05) is 19.0 Å². The molecular formula is C24H31FN2O8S2. The van der Waals surface area contributed by atoms with Gasteiger partial charge in [0, 0.05) is 12.0 Å². The van der Waals surface area contributed by atoms with Crippen molar-refractivity contribution in [3.63, 3.8) is 0 Å². The zero-order valence-electron chi connectivity index (χ0n) is 20.9. The minimum absolute atomic E-state index is 0.0558. The number of ether oxygens (including phenoxy) is 2. The van der Waals surface area contributed by atoms with E-state index in [0.29, 0.717) is 55.3 Å². The van der Waals surface area contributed by atoms with E-state index in [9.17, 15) is 21.2 Å². The first kappa shape index (κ1) is 30.0. The predicted molar refractivity (Wildman–Crippen MR) is 139 cm³/mol. The van der Waals surface area contributed by atoms with Crippen molar-refractivity contribution < 1.29 is 39.3 Å². The molecule has 0 saturated heterocycles. The highest BCUT2D eigenvalue weighted by atomic mass is 32.2. The molecule has 13 heteroatoms. The Kier molecular flexibility index (Phi) is 11.8. The third-order valence-corrected chi connectivity index (χ3v) is 7.04. The number of oxime groups is 2. The van der Waals surface area contributed by atoms with Crippen molar-refractivity contribution in [2.24, 2.45) is 10.3 Å². The Morgan fingerprint density at radius 1 is 0.730 bits per heavy atom. The molecule has 0 radical (unpaired) electrons. The molecule has 37 heavy (non-hydrogen) atoms. The molecule has 0 aromatic heterocycles. The minimum Gasteiger partial charge on any atom is -0.493 e. The number of nitrogens with zero attached hydrogens (tertiary/aromatic N) is 2. The monoisotopic (exact) mass is 558 g/mol. The second-order valence-corrected chi connectivity index (χ2v) is 11.2. The van der Waals surface area contributed by atoms with Crippen LogP contribution in [0.2, 0.25) is 0 Å². The molecule has 0 fully saturated rings. The van der Waals surface area contributed by atoms with Gasteiger partial charge in [-0.15, -0.1) is 0 Å². The first-order valence-corrected chi connectivity index (χ1v) is 14.8. The van der Waals surface area contributed by atoms with E-state index < -0.39 is 26.2 Å². The summed E-state index contributed by atoms with van der Waals surface area (Å²) < 4.78 is 80.3. The molecule has 2 aromatic carbocycles. The summed E-state index contributed by atoms with van der Waals surface area (Å²) in [7, 11) is -7.56. The Morgan fingerprint density at radius 2 is 1.16 bits per heavy atom. The van der Waals surface area contributed by atoms with Crippen molar-refractivity contribution in [3.8, 4) is 11.5 Å². The summed E-state index contributed by atoms with van der Waals surface area (Å²) in [6.07, 6.45) is 1.36. The van der Waals surface area contributed by atoms with E-state index in [2.05, 4.69) is 18.9 Å². The molecule has 0 N–H and O–H groups in total. The largest absolute Gasteiger partial charge is 0.493 e. The number of halogens is 1. The van der Waals surface area contributed by atoms with Gasteiger partial charge in [-0.25, -0.2) is 0 Å². The first-order valence-electron chi connectivity index (χ1n) is 11.6. The normalized spacial score (nSPS) is 12.8. The van der Waals surface area contributed by atoms with Crippen molar-refractivity contribution in [1.82, 2.24) is 0 Å². The second kappa shape index (κ2) is 14.5. The zero-order chi connectivity index (χ0) is 27.3. The van der Waals surface area contributed by atoms with Gasteiger partial charge in [-0.05, 0) is 79.0 Å². The van der Waals surface area contributed by atoms with Crippen LogP contribution in [0.3, 0.4) is 0 Å². The molecule has 2 rings (SSSR count). The molecule has 0 heterocycles. The van der Waals surface area contributed by atoms with Crippen LogP contribution in [-0.4, -0.2) is 53.2 Å². The lowest BCUT2D eigenvalue weighted by atomic mass is 10.1. The zero-order valence-corrected chi connectivity index (χ0v) is 22.6. The van der Waals surface area contributed by atoms with Crippen LogP contribution in [0.5, 0.6) is 11.5 Å². The molecule has 0 aliphatic heterocycles. The lowest BCUT2D eigenvalue weighted by molar-refractivity contribution is 0.247. The van der Waals surface area contributed by atoms with Crippen LogP contribution in [0.15, 0.2) is 58.8 Å². The Bertz CT molecular complexity index is 1160.